The van der Waals surface area contributed by atoms with E-state index in [1.807, 2.05) is 0 Å². The fourth-order valence-corrected chi connectivity index (χ4v) is 2.56. The van der Waals surface area contributed by atoms with Gasteiger partial charge in [-0.1, -0.05) is 5.21 Å². The molecule has 0 radical (unpaired) electrons. The Morgan fingerprint density at radius 2 is 1.90 bits per heavy atom. The number of aromatic nitrogens is 5. The molecule has 0 saturated carbocycles. The number of alkyl halides is 3. The van der Waals surface area contributed by atoms with Crippen molar-refractivity contribution in [2.75, 3.05) is 11.9 Å². The normalized spacial score (nSPS) is 13.9. The summed E-state index contributed by atoms with van der Waals surface area (Å²) in [5.41, 5.74) is -0.535. The molecule has 3 aromatic heterocycles. The van der Waals surface area contributed by atoms with Crippen LogP contribution in [0.25, 0.3) is 11.4 Å². The Bertz CT molecular complexity index is 1000. The van der Waals surface area contributed by atoms with Gasteiger partial charge in [0.1, 0.15) is 22.9 Å². The number of aliphatic hydroxyl groups excluding tert-OH is 1. The molecule has 0 amide bonds. The maximum Gasteiger partial charge on any atom is 0.416 e. The zero-order valence-electron chi connectivity index (χ0n) is 15.6. The minimum atomic E-state index is -4.47. The standard InChI is InChI=1S/C18H19F3N6O2/c1-11-5-13(14-8-27(26-25-14)9-17(2,29)10-28)23-16(6-11)24-15-7-12(3-4-22-15)18(19,20)21/h3-8,28-29H,9-10H2,1-2H3,(H,22,23,24). The third-order valence-electron chi connectivity index (χ3n) is 3.96. The van der Waals surface area contributed by atoms with Crippen LogP contribution in [0, 0.1) is 6.92 Å². The van der Waals surface area contributed by atoms with Gasteiger partial charge in [0.25, 0.3) is 0 Å². The molecule has 0 fully saturated rings. The van der Waals surface area contributed by atoms with Gasteiger partial charge < -0.3 is 15.5 Å². The lowest BCUT2D eigenvalue weighted by atomic mass is 10.1. The molecule has 1 unspecified atom stereocenters. The molecule has 1 atom stereocenters. The van der Waals surface area contributed by atoms with E-state index in [-0.39, 0.29) is 12.4 Å². The highest BCUT2D eigenvalue weighted by atomic mass is 19.4. The Morgan fingerprint density at radius 3 is 2.59 bits per heavy atom. The number of anilines is 2. The van der Waals surface area contributed by atoms with Crippen molar-refractivity contribution in [2.45, 2.75) is 32.2 Å². The molecule has 154 valence electrons. The predicted octanol–water partition coefficient (Wildman–Crippen LogP) is 2.55. The van der Waals surface area contributed by atoms with Gasteiger partial charge in [-0.25, -0.2) is 14.6 Å². The first kappa shape index (κ1) is 20.7. The first-order valence-corrected chi connectivity index (χ1v) is 8.58. The van der Waals surface area contributed by atoms with Crippen molar-refractivity contribution in [3.05, 3.63) is 47.8 Å². The zero-order valence-corrected chi connectivity index (χ0v) is 15.6. The number of nitrogens with zero attached hydrogens (tertiary/aromatic N) is 5. The maximum atomic E-state index is 12.9. The van der Waals surface area contributed by atoms with Gasteiger partial charge in [-0.05, 0) is 43.7 Å². The highest BCUT2D eigenvalue weighted by molar-refractivity contribution is 5.61. The summed E-state index contributed by atoms with van der Waals surface area (Å²) in [6.45, 7) is 2.85. The fourth-order valence-electron chi connectivity index (χ4n) is 2.56. The van der Waals surface area contributed by atoms with Gasteiger partial charge in [-0.2, -0.15) is 13.2 Å². The largest absolute Gasteiger partial charge is 0.416 e. The monoisotopic (exact) mass is 408 g/mol. The Hall–Kier alpha value is -3.05. The van der Waals surface area contributed by atoms with Gasteiger partial charge in [0.05, 0.1) is 30.6 Å². The van der Waals surface area contributed by atoms with Crippen LogP contribution in [-0.4, -0.2) is 47.4 Å². The van der Waals surface area contributed by atoms with E-state index < -0.39 is 23.9 Å². The number of aryl methyl sites for hydroxylation is 1. The van der Waals surface area contributed by atoms with Crippen molar-refractivity contribution in [2.24, 2.45) is 0 Å². The molecule has 29 heavy (non-hydrogen) atoms. The van der Waals surface area contributed by atoms with E-state index in [9.17, 15) is 18.3 Å². The second-order valence-electron chi connectivity index (χ2n) is 6.92. The topological polar surface area (TPSA) is 109 Å². The molecule has 0 aromatic carbocycles. The lowest BCUT2D eigenvalue weighted by Gasteiger charge is -2.19. The van der Waals surface area contributed by atoms with Gasteiger partial charge in [0.15, 0.2) is 0 Å². The molecule has 8 nitrogen and oxygen atoms in total. The van der Waals surface area contributed by atoms with Crippen LogP contribution in [0.15, 0.2) is 36.7 Å². The minimum absolute atomic E-state index is 0.00604. The summed E-state index contributed by atoms with van der Waals surface area (Å²) >= 11 is 0. The van der Waals surface area contributed by atoms with Gasteiger partial charge in [0, 0.05) is 6.20 Å². The minimum Gasteiger partial charge on any atom is -0.393 e. The van der Waals surface area contributed by atoms with E-state index in [0.29, 0.717) is 17.2 Å². The molecule has 0 aliphatic carbocycles. The molecular weight excluding hydrogens is 389 g/mol. The molecular formula is C18H19F3N6O2. The summed E-state index contributed by atoms with van der Waals surface area (Å²) in [6.07, 6.45) is -1.85. The molecule has 3 N–H and O–H groups in total. The summed E-state index contributed by atoms with van der Waals surface area (Å²) in [5, 5.41) is 29.8. The van der Waals surface area contributed by atoms with E-state index in [4.69, 9.17) is 5.11 Å². The van der Waals surface area contributed by atoms with Crippen molar-refractivity contribution in [3.8, 4) is 11.4 Å². The van der Waals surface area contributed by atoms with Crippen LogP contribution in [0.1, 0.15) is 18.1 Å². The number of aliphatic hydroxyl groups is 2. The van der Waals surface area contributed by atoms with Crippen LogP contribution in [0.2, 0.25) is 0 Å². The van der Waals surface area contributed by atoms with Crippen molar-refractivity contribution in [1.29, 1.82) is 0 Å². The van der Waals surface area contributed by atoms with E-state index in [1.165, 1.54) is 11.6 Å². The summed E-state index contributed by atoms with van der Waals surface area (Å²) in [4.78, 5) is 8.26. The van der Waals surface area contributed by atoms with Gasteiger partial charge in [-0.15, -0.1) is 5.10 Å². The van der Waals surface area contributed by atoms with Crippen molar-refractivity contribution < 1.29 is 23.4 Å². The lowest BCUT2D eigenvalue weighted by Crippen LogP contribution is -2.34. The number of halogens is 3. The summed E-state index contributed by atoms with van der Waals surface area (Å²) in [5.74, 6) is 0.301. The average Bonchev–Trinajstić information content (AvgIpc) is 3.08. The van der Waals surface area contributed by atoms with E-state index in [2.05, 4.69) is 25.6 Å². The summed E-state index contributed by atoms with van der Waals surface area (Å²) < 4.78 is 40.0. The number of nitrogens with one attached hydrogen (secondary N) is 1. The van der Waals surface area contributed by atoms with Crippen molar-refractivity contribution >= 4 is 11.6 Å². The summed E-state index contributed by atoms with van der Waals surface area (Å²) in [7, 11) is 0. The molecule has 3 aromatic rings. The van der Waals surface area contributed by atoms with Gasteiger partial charge in [-0.3, -0.25) is 0 Å². The Balaban J connectivity index is 1.85. The second kappa shape index (κ2) is 7.76. The molecule has 3 heterocycles. The lowest BCUT2D eigenvalue weighted by molar-refractivity contribution is -0.137. The molecule has 0 spiro atoms. The molecule has 0 aliphatic heterocycles. The molecule has 0 saturated heterocycles. The quantitative estimate of drug-likeness (QED) is 0.575. The van der Waals surface area contributed by atoms with E-state index in [1.54, 1.807) is 25.3 Å². The third kappa shape index (κ3) is 5.27. The van der Waals surface area contributed by atoms with Gasteiger partial charge in [0.2, 0.25) is 0 Å². The molecule has 0 aliphatic rings. The first-order valence-electron chi connectivity index (χ1n) is 8.58. The predicted molar refractivity (Wildman–Crippen MR) is 98.2 cm³/mol. The maximum absolute atomic E-state index is 12.9. The van der Waals surface area contributed by atoms with Crippen LogP contribution < -0.4 is 5.32 Å². The van der Waals surface area contributed by atoms with Crippen molar-refractivity contribution in [1.82, 2.24) is 25.0 Å². The molecule has 3 rings (SSSR count). The third-order valence-corrected chi connectivity index (χ3v) is 3.96. The Labute approximate surface area is 164 Å². The Kier molecular flexibility index (Phi) is 5.53. The SMILES string of the molecule is Cc1cc(Nc2cc(C(F)(F)F)ccn2)nc(-c2cn(CC(C)(O)CO)nn2)c1. The number of hydrogen-bond donors (Lipinski definition) is 3. The number of rotatable bonds is 6. The van der Waals surface area contributed by atoms with E-state index >= 15 is 0 Å². The molecule has 0 bridgehead atoms. The first-order chi connectivity index (χ1) is 13.6. The number of hydrogen-bond acceptors (Lipinski definition) is 7. The zero-order chi connectivity index (χ0) is 21.2. The highest BCUT2D eigenvalue weighted by Crippen LogP contribution is 2.30. The van der Waals surface area contributed by atoms with Crippen LogP contribution >= 0.6 is 0 Å². The van der Waals surface area contributed by atoms with E-state index in [0.717, 1.165) is 23.9 Å². The van der Waals surface area contributed by atoms with Crippen molar-refractivity contribution in [3.63, 3.8) is 0 Å². The second-order valence-corrected chi connectivity index (χ2v) is 6.92. The van der Waals surface area contributed by atoms with Gasteiger partial charge >= 0.3 is 6.18 Å². The highest BCUT2D eigenvalue weighted by Gasteiger charge is 2.30. The average molecular weight is 408 g/mol. The number of pyridine rings is 2. The fraction of sp³-hybridized carbons (Fsp3) is 0.333. The summed E-state index contributed by atoms with van der Waals surface area (Å²) in [6, 6.07) is 5.19. The van der Waals surface area contributed by atoms with Crippen LogP contribution in [0.4, 0.5) is 24.8 Å². The molecule has 11 heteroatoms. The van der Waals surface area contributed by atoms with Crippen LogP contribution in [0.3, 0.4) is 0 Å². The van der Waals surface area contributed by atoms with Crippen LogP contribution in [-0.2, 0) is 12.7 Å². The Morgan fingerprint density at radius 1 is 1.14 bits per heavy atom. The smallest absolute Gasteiger partial charge is 0.393 e. The van der Waals surface area contributed by atoms with Crippen LogP contribution in [0.5, 0.6) is 0 Å².